The Balaban J connectivity index is 2.57. The van der Waals surface area contributed by atoms with E-state index >= 15 is 0 Å². The van der Waals surface area contributed by atoms with Crippen LogP contribution in [0.25, 0.3) is 0 Å². The van der Waals surface area contributed by atoms with Crippen LogP contribution in [-0.4, -0.2) is 23.9 Å². The van der Waals surface area contributed by atoms with Crippen molar-refractivity contribution in [3.8, 4) is 0 Å². The average Bonchev–Trinajstić information content (AvgIpc) is 2.36. The maximum Gasteiger partial charge on any atom is 0.238 e. The number of benzene rings is 1. The van der Waals surface area contributed by atoms with Gasteiger partial charge < -0.3 is 16.0 Å². The lowest BCUT2D eigenvalue weighted by Crippen LogP contribution is -2.41. The van der Waals surface area contributed by atoms with E-state index in [9.17, 15) is 9.59 Å². The van der Waals surface area contributed by atoms with Gasteiger partial charge in [0.25, 0.3) is 0 Å². The number of rotatable bonds is 5. The molecule has 0 saturated heterocycles. The number of amides is 2. The summed E-state index contributed by atoms with van der Waals surface area (Å²) in [5.74, 6) is -0.165. The van der Waals surface area contributed by atoms with E-state index in [2.05, 4.69) is 16.0 Å². The first-order valence-corrected chi connectivity index (χ1v) is 6.75. The Morgan fingerprint density at radius 1 is 1.05 bits per heavy atom. The van der Waals surface area contributed by atoms with Gasteiger partial charge in [-0.1, -0.05) is 13.0 Å². The van der Waals surface area contributed by atoms with Crippen LogP contribution in [0.2, 0.25) is 0 Å². The first-order valence-electron chi connectivity index (χ1n) is 6.75. The van der Waals surface area contributed by atoms with Gasteiger partial charge in [-0.05, 0) is 39.0 Å². The molecule has 0 aliphatic carbocycles. The van der Waals surface area contributed by atoms with Crippen molar-refractivity contribution in [2.24, 2.45) is 0 Å². The summed E-state index contributed by atoms with van der Waals surface area (Å²) in [7, 11) is 0. The molecule has 0 radical (unpaired) electrons. The molecule has 0 spiro atoms. The van der Waals surface area contributed by atoms with Gasteiger partial charge in [0.05, 0.1) is 6.54 Å². The van der Waals surface area contributed by atoms with Crippen LogP contribution in [0, 0.1) is 0 Å². The molecule has 5 nitrogen and oxygen atoms in total. The normalized spacial score (nSPS) is 11.0. The fourth-order valence-corrected chi connectivity index (χ4v) is 1.47. The molecule has 0 saturated carbocycles. The molecule has 0 atom stereocenters. The maximum atomic E-state index is 11.8. The zero-order valence-corrected chi connectivity index (χ0v) is 12.5. The van der Waals surface area contributed by atoms with E-state index in [0.29, 0.717) is 17.8 Å². The molecule has 5 heteroatoms. The topological polar surface area (TPSA) is 70.2 Å². The highest BCUT2D eigenvalue weighted by Crippen LogP contribution is 2.15. The number of nitrogens with one attached hydrogen (secondary N) is 3. The van der Waals surface area contributed by atoms with Crippen molar-refractivity contribution < 1.29 is 9.59 Å². The number of anilines is 2. The molecule has 3 N–H and O–H groups in total. The minimum Gasteiger partial charge on any atom is -0.326 e. The smallest absolute Gasteiger partial charge is 0.238 e. The van der Waals surface area contributed by atoms with Gasteiger partial charge >= 0.3 is 0 Å². The Morgan fingerprint density at radius 2 is 1.60 bits per heavy atom. The second-order valence-corrected chi connectivity index (χ2v) is 5.63. The van der Waals surface area contributed by atoms with Crippen LogP contribution in [0.4, 0.5) is 11.4 Å². The largest absolute Gasteiger partial charge is 0.326 e. The number of carbonyl (C=O) groups excluding carboxylic acids is 2. The highest BCUT2D eigenvalue weighted by molar-refractivity contribution is 5.94. The van der Waals surface area contributed by atoms with Gasteiger partial charge in [-0.25, -0.2) is 0 Å². The fraction of sp³-hybridized carbons (Fsp3) is 0.467. The lowest BCUT2D eigenvalue weighted by atomic mass is 10.1. The summed E-state index contributed by atoms with van der Waals surface area (Å²) < 4.78 is 0. The van der Waals surface area contributed by atoms with E-state index in [-0.39, 0.29) is 23.9 Å². The summed E-state index contributed by atoms with van der Waals surface area (Å²) >= 11 is 0. The molecule has 2 amide bonds. The number of carbonyl (C=O) groups is 2. The lowest BCUT2D eigenvalue weighted by Gasteiger charge is -2.20. The molecule has 0 aromatic heterocycles. The SMILES string of the molecule is CCC(=O)Nc1cccc(NC(=O)CNC(C)(C)C)c1. The second-order valence-electron chi connectivity index (χ2n) is 5.63. The van der Waals surface area contributed by atoms with E-state index in [4.69, 9.17) is 0 Å². The van der Waals surface area contributed by atoms with Crippen LogP contribution >= 0.6 is 0 Å². The van der Waals surface area contributed by atoms with E-state index in [0.717, 1.165) is 0 Å². The molecule has 0 bridgehead atoms. The van der Waals surface area contributed by atoms with E-state index in [1.165, 1.54) is 0 Å². The van der Waals surface area contributed by atoms with Gasteiger partial charge in [-0.15, -0.1) is 0 Å². The van der Waals surface area contributed by atoms with Gasteiger partial charge in [0.2, 0.25) is 11.8 Å². The Labute approximate surface area is 120 Å². The standard InChI is InChI=1S/C15H23N3O2/c1-5-13(19)17-11-7-6-8-12(9-11)18-14(20)10-16-15(2,3)4/h6-9,16H,5,10H2,1-4H3,(H,17,19)(H,18,20). The number of hydrogen-bond donors (Lipinski definition) is 3. The third kappa shape index (κ3) is 6.33. The monoisotopic (exact) mass is 277 g/mol. The van der Waals surface area contributed by atoms with Crippen LogP contribution < -0.4 is 16.0 Å². The van der Waals surface area contributed by atoms with E-state index in [1.807, 2.05) is 20.8 Å². The van der Waals surface area contributed by atoms with E-state index < -0.39 is 0 Å². The minimum atomic E-state index is -0.112. The van der Waals surface area contributed by atoms with Gasteiger partial charge in [-0.3, -0.25) is 9.59 Å². The van der Waals surface area contributed by atoms with E-state index in [1.54, 1.807) is 31.2 Å². The van der Waals surface area contributed by atoms with Crippen LogP contribution in [0.5, 0.6) is 0 Å². The minimum absolute atomic E-state index is 0.0529. The summed E-state index contributed by atoms with van der Waals surface area (Å²) in [6, 6.07) is 7.10. The number of hydrogen-bond acceptors (Lipinski definition) is 3. The van der Waals surface area contributed by atoms with Gasteiger partial charge in [0.1, 0.15) is 0 Å². The van der Waals surface area contributed by atoms with Gasteiger partial charge in [0, 0.05) is 23.3 Å². The van der Waals surface area contributed by atoms with Gasteiger partial charge in [0.15, 0.2) is 0 Å². The van der Waals surface area contributed by atoms with Gasteiger partial charge in [-0.2, -0.15) is 0 Å². The van der Waals surface area contributed by atoms with Crippen LogP contribution in [0.15, 0.2) is 24.3 Å². The lowest BCUT2D eigenvalue weighted by molar-refractivity contribution is -0.116. The molecule has 0 aliphatic heterocycles. The summed E-state index contributed by atoms with van der Waals surface area (Å²) in [4.78, 5) is 23.1. The Hall–Kier alpha value is -1.88. The Kier molecular flexibility index (Phi) is 5.70. The molecule has 110 valence electrons. The Bertz CT molecular complexity index is 478. The summed E-state index contributed by atoms with van der Waals surface area (Å²) in [6.45, 7) is 8.04. The zero-order valence-electron chi connectivity index (χ0n) is 12.5. The molecular weight excluding hydrogens is 254 g/mol. The molecule has 0 unspecified atom stereocenters. The van der Waals surface area contributed by atoms with Crippen molar-refractivity contribution in [3.05, 3.63) is 24.3 Å². The summed E-state index contributed by atoms with van der Waals surface area (Å²) in [5, 5.41) is 8.67. The van der Waals surface area contributed by atoms with Crippen molar-refractivity contribution in [1.82, 2.24) is 5.32 Å². The van der Waals surface area contributed by atoms with Crippen LogP contribution in [-0.2, 0) is 9.59 Å². The summed E-state index contributed by atoms with van der Waals surface area (Å²) in [5.41, 5.74) is 1.24. The maximum absolute atomic E-state index is 11.8. The third-order valence-corrected chi connectivity index (χ3v) is 2.53. The molecule has 1 aromatic rings. The van der Waals surface area contributed by atoms with Crippen LogP contribution in [0.1, 0.15) is 34.1 Å². The third-order valence-electron chi connectivity index (χ3n) is 2.53. The predicted octanol–water partition coefficient (Wildman–Crippen LogP) is 2.36. The zero-order chi connectivity index (χ0) is 15.2. The average molecular weight is 277 g/mol. The van der Waals surface area contributed by atoms with Crippen molar-refractivity contribution >= 4 is 23.2 Å². The van der Waals surface area contributed by atoms with Crippen molar-refractivity contribution in [3.63, 3.8) is 0 Å². The fourth-order valence-electron chi connectivity index (χ4n) is 1.47. The summed E-state index contributed by atoms with van der Waals surface area (Å²) in [6.07, 6.45) is 0.423. The highest BCUT2D eigenvalue weighted by Gasteiger charge is 2.11. The van der Waals surface area contributed by atoms with Crippen LogP contribution in [0.3, 0.4) is 0 Å². The first-order chi connectivity index (χ1) is 9.30. The van der Waals surface area contributed by atoms with Crippen molar-refractivity contribution in [2.45, 2.75) is 39.7 Å². The highest BCUT2D eigenvalue weighted by atomic mass is 16.2. The molecule has 1 aromatic carbocycles. The molecule has 0 fully saturated rings. The Morgan fingerprint density at radius 3 is 2.10 bits per heavy atom. The first kappa shape index (κ1) is 16.2. The molecule has 1 rings (SSSR count). The molecular formula is C15H23N3O2. The molecule has 0 aliphatic rings. The quantitative estimate of drug-likeness (QED) is 0.774. The van der Waals surface area contributed by atoms with Crippen molar-refractivity contribution in [1.29, 1.82) is 0 Å². The predicted molar refractivity (Wildman–Crippen MR) is 81.7 cm³/mol. The van der Waals surface area contributed by atoms with Crippen molar-refractivity contribution in [2.75, 3.05) is 17.2 Å². The molecule has 20 heavy (non-hydrogen) atoms. The second kappa shape index (κ2) is 7.05. The molecule has 0 heterocycles.